The second-order valence-corrected chi connectivity index (χ2v) is 4.49. The van der Waals surface area contributed by atoms with Crippen LogP contribution in [0.3, 0.4) is 0 Å². The van der Waals surface area contributed by atoms with Gasteiger partial charge in [0.05, 0.1) is 12.8 Å². The summed E-state index contributed by atoms with van der Waals surface area (Å²) in [6, 6.07) is 11.8. The van der Waals surface area contributed by atoms with Crippen molar-refractivity contribution in [1.82, 2.24) is 9.38 Å². The average Bonchev–Trinajstić information content (AvgIpc) is 2.80. The second kappa shape index (κ2) is 4.65. The predicted molar refractivity (Wildman–Crippen MR) is 75.4 cm³/mol. The van der Waals surface area contributed by atoms with Crippen LogP contribution in [0.1, 0.15) is 11.3 Å². The van der Waals surface area contributed by atoms with Crippen molar-refractivity contribution in [1.29, 1.82) is 0 Å². The number of nitrogen functional groups attached to an aromatic ring is 1. The molecular formula is C15H15N3O. The van der Waals surface area contributed by atoms with Crippen LogP contribution < -0.4 is 10.5 Å². The number of methoxy groups -OCH3 is 1. The lowest BCUT2D eigenvalue weighted by Gasteiger charge is -2.02. The van der Waals surface area contributed by atoms with E-state index in [2.05, 4.69) is 11.1 Å². The quantitative estimate of drug-likeness (QED) is 0.780. The maximum atomic E-state index is 5.76. The first-order valence-corrected chi connectivity index (χ1v) is 6.10. The lowest BCUT2D eigenvalue weighted by molar-refractivity contribution is 0.414. The summed E-state index contributed by atoms with van der Waals surface area (Å²) in [5.41, 5.74) is 9.59. The van der Waals surface area contributed by atoms with Gasteiger partial charge in [-0.2, -0.15) is 0 Å². The Morgan fingerprint density at radius 1 is 1.21 bits per heavy atom. The van der Waals surface area contributed by atoms with E-state index in [0.29, 0.717) is 0 Å². The van der Waals surface area contributed by atoms with Gasteiger partial charge in [0.1, 0.15) is 11.4 Å². The van der Waals surface area contributed by atoms with Crippen LogP contribution in [0.5, 0.6) is 5.75 Å². The number of anilines is 1. The number of fused-ring (bicyclic) bond motifs is 1. The van der Waals surface area contributed by atoms with Crippen molar-refractivity contribution < 1.29 is 4.74 Å². The van der Waals surface area contributed by atoms with E-state index < -0.39 is 0 Å². The molecule has 0 saturated carbocycles. The van der Waals surface area contributed by atoms with E-state index in [1.165, 1.54) is 5.56 Å². The molecule has 0 unspecified atom stereocenters. The average molecular weight is 253 g/mol. The van der Waals surface area contributed by atoms with Crippen LogP contribution in [0.2, 0.25) is 0 Å². The maximum Gasteiger partial charge on any atom is 0.137 e. The van der Waals surface area contributed by atoms with Gasteiger partial charge in [-0.3, -0.25) is 0 Å². The van der Waals surface area contributed by atoms with Crippen LogP contribution in [-0.2, 0) is 6.42 Å². The Hall–Kier alpha value is -2.49. The standard InChI is InChI=1S/C15H15N3O/c1-19-14-4-2-3-11(8-14)7-13-10-18-9-12(16)5-6-15(18)17-13/h2-6,8-10H,7,16H2,1H3. The van der Waals surface area contributed by atoms with E-state index in [-0.39, 0.29) is 0 Å². The zero-order chi connectivity index (χ0) is 13.2. The normalized spacial score (nSPS) is 10.8. The van der Waals surface area contributed by atoms with Gasteiger partial charge in [0, 0.05) is 24.5 Å². The van der Waals surface area contributed by atoms with Crippen LogP contribution in [-0.4, -0.2) is 16.5 Å². The summed E-state index contributed by atoms with van der Waals surface area (Å²) in [7, 11) is 1.67. The van der Waals surface area contributed by atoms with Gasteiger partial charge in [-0.15, -0.1) is 0 Å². The molecule has 2 N–H and O–H groups in total. The van der Waals surface area contributed by atoms with Gasteiger partial charge in [-0.25, -0.2) is 4.98 Å². The van der Waals surface area contributed by atoms with E-state index in [9.17, 15) is 0 Å². The molecule has 0 spiro atoms. The highest BCUT2D eigenvalue weighted by Crippen LogP contribution is 2.16. The summed E-state index contributed by atoms with van der Waals surface area (Å²) < 4.78 is 7.17. The topological polar surface area (TPSA) is 52.5 Å². The summed E-state index contributed by atoms with van der Waals surface area (Å²) in [6.07, 6.45) is 4.65. The number of pyridine rings is 1. The summed E-state index contributed by atoms with van der Waals surface area (Å²) >= 11 is 0. The van der Waals surface area contributed by atoms with Gasteiger partial charge in [0.25, 0.3) is 0 Å². The van der Waals surface area contributed by atoms with Crippen molar-refractivity contribution in [2.24, 2.45) is 0 Å². The zero-order valence-electron chi connectivity index (χ0n) is 10.7. The highest BCUT2D eigenvalue weighted by Gasteiger charge is 2.04. The van der Waals surface area contributed by atoms with Crippen molar-refractivity contribution >= 4 is 11.3 Å². The lowest BCUT2D eigenvalue weighted by atomic mass is 10.1. The number of hydrogen-bond acceptors (Lipinski definition) is 3. The molecule has 0 aliphatic carbocycles. The van der Waals surface area contributed by atoms with Crippen molar-refractivity contribution in [3.63, 3.8) is 0 Å². The van der Waals surface area contributed by atoms with Crippen LogP contribution in [0, 0.1) is 0 Å². The van der Waals surface area contributed by atoms with Crippen molar-refractivity contribution in [2.45, 2.75) is 6.42 Å². The Balaban J connectivity index is 1.92. The molecule has 2 heterocycles. The smallest absolute Gasteiger partial charge is 0.137 e. The van der Waals surface area contributed by atoms with Gasteiger partial charge in [-0.05, 0) is 29.8 Å². The molecule has 2 aromatic heterocycles. The van der Waals surface area contributed by atoms with E-state index in [1.807, 2.05) is 47.1 Å². The third kappa shape index (κ3) is 2.38. The van der Waals surface area contributed by atoms with Crippen LogP contribution in [0.4, 0.5) is 5.69 Å². The SMILES string of the molecule is COc1cccc(Cc2cn3cc(N)ccc3n2)c1. The minimum Gasteiger partial charge on any atom is -0.497 e. The molecule has 0 saturated heterocycles. The summed E-state index contributed by atoms with van der Waals surface area (Å²) in [6.45, 7) is 0. The van der Waals surface area contributed by atoms with Crippen LogP contribution in [0.25, 0.3) is 5.65 Å². The lowest BCUT2D eigenvalue weighted by Crippen LogP contribution is -1.90. The molecule has 0 amide bonds. The molecule has 0 bridgehead atoms. The van der Waals surface area contributed by atoms with E-state index in [1.54, 1.807) is 7.11 Å². The van der Waals surface area contributed by atoms with Crippen LogP contribution >= 0.6 is 0 Å². The molecule has 19 heavy (non-hydrogen) atoms. The van der Waals surface area contributed by atoms with Gasteiger partial charge < -0.3 is 14.9 Å². The van der Waals surface area contributed by atoms with Crippen LogP contribution in [0.15, 0.2) is 48.8 Å². The second-order valence-electron chi connectivity index (χ2n) is 4.49. The van der Waals surface area contributed by atoms with Gasteiger partial charge in [0.15, 0.2) is 0 Å². The van der Waals surface area contributed by atoms with E-state index in [0.717, 1.165) is 29.2 Å². The molecule has 0 aliphatic rings. The molecule has 4 nitrogen and oxygen atoms in total. The fourth-order valence-electron chi connectivity index (χ4n) is 2.14. The number of nitrogens with zero attached hydrogens (tertiary/aromatic N) is 2. The molecular weight excluding hydrogens is 238 g/mol. The Morgan fingerprint density at radius 3 is 2.95 bits per heavy atom. The minimum absolute atomic E-state index is 0.734. The zero-order valence-corrected chi connectivity index (χ0v) is 10.7. The number of hydrogen-bond donors (Lipinski definition) is 1. The Bertz CT molecular complexity index is 718. The Kier molecular flexibility index (Phi) is 2.83. The summed E-state index contributed by atoms with van der Waals surface area (Å²) in [5, 5.41) is 0. The molecule has 0 atom stereocenters. The van der Waals surface area contributed by atoms with Gasteiger partial charge >= 0.3 is 0 Å². The number of rotatable bonds is 3. The number of ether oxygens (including phenoxy) is 1. The fraction of sp³-hybridized carbons (Fsp3) is 0.133. The minimum atomic E-state index is 0.734. The molecule has 96 valence electrons. The van der Waals surface area contributed by atoms with Crippen molar-refractivity contribution in [3.8, 4) is 5.75 Å². The molecule has 0 radical (unpaired) electrons. The molecule has 1 aromatic carbocycles. The number of imidazole rings is 1. The first-order chi connectivity index (χ1) is 9.24. The van der Waals surface area contributed by atoms with Gasteiger partial charge in [0.2, 0.25) is 0 Å². The molecule has 3 aromatic rings. The third-order valence-electron chi connectivity index (χ3n) is 3.04. The number of aromatic nitrogens is 2. The Labute approximate surface area is 111 Å². The highest BCUT2D eigenvalue weighted by atomic mass is 16.5. The predicted octanol–water partition coefficient (Wildman–Crippen LogP) is 2.52. The summed E-state index contributed by atoms with van der Waals surface area (Å²) in [5.74, 6) is 0.866. The molecule has 0 aliphatic heterocycles. The third-order valence-corrected chi connectivity index (χ3v) is 3.04. The first kappa shape index (κ1) is 11.6. The molecule has 4 heteroatoms. The Morgan fingerprint density at radius 2 is 2.11 bits per heavy atom. The molecule has 0 fully saturated rings. The largest absolute Gasteiger partial charge is 0.497 e. The highest BCUT2D eigenvalue weighted by molar-refractivity contribution is 5.48. The number of benzene rings is 1. The maximum absolute atomic E-state index is 5.76. The monoisotopic (exact) mass is 253 g/mol. The number of nitrogens with two attached hydrogens (primary N) is 1. The fourth-order valence-corrected chi connectivity index (χ4v) is 2.14. The van der Waals surface area contributed by atoms with Crippen molar-refractivity contribution in [2.75, 3.05) is 12.8 Å². The first-order valence-electron chi connectivity index (χ1n) is 6.10. The molecule has 3 rings (SSSR count). The van der Waals surface area contributed by atoms with E-state index in [4.69, 9.17) is 10.5 Å². The van der Waals surface area contributed by atoms with E-state index >= 15 is 0 Å². The van der Waals surface area contributed by atoms with Gasteiger partial charge in [-0.1, -0.05) is 12.1 Å². The van der Waals surface area contributed by atoms with Crippen molar-refractivity contribution in [3.05, 3.63) is 60.0 Å². The summed E-state index contributed by atoms with van der Waals surface area (Å²) in [4.78, 5) is 4.57.